The van der Waals surface area contributed by atoms with Crippen LogP contribution < -0.4 is 5.32 Å². The fourth-order valence-electron chi connectivity index (χ4n) is 5.11. The lowest BCUT2D eigenvalue weighted by Gasteiger charge is -2.44. The number of benzene rings is 1. The van der Waals surface area contributed by atoms with Gasteiger partial charge in [-0.2, -0.15) is 0 Å². The zero-order valence-corrected chi connectivity index (χ0v) is 16.1. The van der Waals surface area contributed by atoms with Gasteiger partial charge in [0.15, 0.2) is 5.82 Å². The summed E-state index contributed by atoms with van der Waals surface area (Å²) in [6.07, 6.45) is 9.22. The number of rotatable bonds is 3. The van der Waals surface area contributed by atoms with Gasteiger partial charge in [-0.3, -0.25) is 4.90 Å². The first-order valence-corrected chi connectivity index (χ1v) is 10.7. The number of hydrogen-bond donors (Lipinski definition) is 1. The average molecular weight is 367 g/mol. The fourth-order valence-corrected chi connectivity index (χ4v) is 5.98. The number of fused-ring (bicyclic) bond motifs is 4. The van der Waals surface area contributed by atoms with E-state index in [-0.39, 0.29) is 0 Å². The van der Waals surface area contributed by atoms with Crippen molar-refractivity contribution in [1.82, 2.24) is 14.9 Å². The Hall–Kier alpha value is -1.59. The predicted molar refractivity (Wildman–Crippen MR) is 106 cm³/mol. The molecule has 1 aliphatic carbocycles. The molecule has 136 valence electrons. The summed E-state index contributed by atoms with van der Waals surface area (Å²) >= 11 is 1.70. The van der Waals surface area contributed by atoms with Gasteiger partial charge >= 0.3 is 0 Å². The first kappa shape index (κ1) is 16.6. The molecule has 2 unspecified atom stereocenters. The molecular weight excluding hydrogens is 340 g/mol. The molecule has 5 rings (SSSR count). The minimum Gasteiger partial charge on any atom is -0.337 e. The molecule has 3 aliphatic rings. The Morgan fingerprint density at radius 1 is 1.12 bits per heavy atom. The summed E-state index contributed by atoms with van der Waals surface area (Å²) in [5.41, 5.74) is 2.57. The molecule has 1 N–H and O–H groups in total. The van der Waals surface area contributed by atoms with Gasteiger partial charge in [0.2, 0.25) is 0 Å². The third kappa shape index (κ3) is 3.23. The Bertz CT molecular complexity index is 794. The Morgan fingerprint density at radius 3 is 2.73 bits per heavy atom. The van der Waals surface area contributed by atoms with Crippen molar-refractivity contribution in [3.8, 4) is 0 Å². The quantitative estimate of drug-likeness (QED) is 0.711. The largest absolute Gasteiger partial charge is 0.337 e. The number of anilines is 2. The van der Waals surface area contributed by atoms with E-state index in [1.165, 1.54) is 54.9 Å². The Kier molecular flexibility index (Phi) is 4.37. The van der Waals surface area contributed by atoms with E-state index in [0.29, 0.717) is 0 Å². The minimum atomic E-state index is 0.875. The molecule has 5 heteroatoms. The highest BCUT2D eigenvalue weighted by atomic mass is 32.2. The minimum absolute atomic E-state index is 0.875. The second-order valence-electron chi connectivity index (χ2n) is 8.18. The van der Waals surface area contributed by atoms with Crippen molar-refractivity contribution >= 4 is 23.3 Å². The molecule has 0 radical (unpaired) electrons. The molecule has 2 aromatic rings. The van der Waals surface area contributed by atoms with E-state index in [1.807, 2.05) is 0 Å². The van der Waals surface area contributed by atoms with Crippen LogP contribution >= 0.6 is 11.8 Å². The maximum atomic E-state index is 4.41. The second kappa shape index (κ2) is 6.86. The third-order valence-electron chi connectivity index (χ3n) is 6.18. The summed E-state index contributed by atoms with van der Waals surface area (Å²) in [4.78, 5) is 12.8. The third-order valence-corrected chi connectivity index (χ3v) is 7.25. The highest BCUT2D eigenvalue weighted by Crippen LogP contribution is 2.43. The van der Waals surface area contributed by atoms with Crippen molar-refractivity contribution in [1.29, 1.82) is 0 Å². The van der Waals surface area contributed by atoms with Crippen molar-refractivity contribution < 1.29 is 0 Å². The number of nitrogens with zero attached hydrogens (tertiary/aromatic N) is 3. The molecule has 2 fully saturated rings. The van der Waals surface area contributed by atoms with Crippen LogP contribution in [0.3, 0.4) is 0 Å². The lowest BCUT2D eigenvalue weighted by molar-refractivity contribution is 0.0528. The SMILES string of the molecule is CCC1CC2CC(C1)CN(Cc1ccc3c(c1)Nc1nccnc1S3)C2. The molecule has 1 saturated carbocycles. The molecule has 1 aromatic carbocycles. The monoisotopic (exact) mass is 366 g/mol. The van der Waals surface area contributed by atoms with E-state index in [2.05, 4.69) is 45.3 Å². The van der Waals surface area contributed by atoms with Gasteiger partial charge in [0, 0.05) is 36.9 Å². The molecule has 2 aliphatic heterocycles. The van der Waals surface area contributed by atoms with E-state index >= 15 is 0 Å². The number of likely N-dealkylation sites (tertiary alicyclic amines) is 1. The molecule has 0 spiro atoms. The predicted octanol–water partition coefficient (Wildman–Crippen LogP) is 4.94. The topological polar surface area (TPSA) is 41.0 Å². The molecule has 1 saturated heterocycles. The van der Waals surface area contributed by atoms with Crippen LogP contribution in [0, 0.1) is 17.8 Å². The van der Waals surface area contributed by atoms with Crippen LogP contribution in [0.25, 0.3) is 0 Å². The standard InChI is InChI=1S/C21H26N4S/c1-2-14-7-16-9-17(8-14)13-25(12-16)11-15-3-4-19-18(10-15)24-20-21(26-19)23-6-5-22-20/h3-6,10,14,16-17H,2,7-9,11-13H2,1H3,(H,22,24). The highest BCUT2D eigenvalue weighted by molar-refractivity contribution is 7.99. The van der Waals surface area contributed by atoms with Gasteiger partial charge in [-0.05, 0) is 54.7 Å². The lowest BCUT2D eigenvalue weighted by Crippen LogP contribution is -2.44. The number of nitrogens with one attached hydrogen (secondary N) is 1. The maximum Gasteiger partial charge on any atom is 0.163 e. The van der Waals surface area contributed by atoms with Gasteiger partial charge < -0.3 is 5.32 Å². The molecule has 2 atom stereocenters. The van der Waals surface area contributed by atoms with Crippen molar-refractivity contribution in [2.75, 3.05) is 18.4 Å². The molecule has 26 heavy (non-hydrogen) atoms. The summed E-state index contributed by atoms with van der Waals surface area (Å²) in [5.74, 6) is 3.69. The molecule has 4 nitrogen and oxygen atoms in total. The van der Waals surface area contributed by atoms with E-state index in [9.17, 15) is 0 Å². The molecule has 2 bridgehead atoms. The smallest absolute Gasteiger partial charge is 0.163 e. The van der Waals surface area contributed by atoms with Crippen LogP contribution in [0.2, 0.25) is 0 Å². The van der Waals surface area contributed by atoms with Crippen LogP contribution in [0.4, 0.5) is 11.5 Å². The fraction of sp³-hybridized carbons (Fsp3) is 0.524. The maximum absolute atomic E-state index is 4.41. The number of hydrogen-bond acceptors (Lipinski definition) is 5. The summed E-state index contributed by atoms with van der Waals surface area (Å²) in [6.45, 7) is 5.99. The number of piperidine rings is 1. The summed E-state index contributed by atoms with van der Waals surface area (Å²) < 4.78 is 0. The Balaban J connectivity index is 1.29. The van der Waals surface area contributed by atoms with Crippen LogP contribution in [-0.4, -0.2) is 28.0 Å². The van der Waals surface area contributed by atoms with Crippen molar-refractivity contribution in [3.05, 3.63) is 36.2 Å². The van der Waals surface area contributed by atoms with Crippen molar-refractivity contribution in [3.63, 3.8) is 0 Å². The normalized spacial score (nSPS) is 27.3. The zero-order chi connectivity index (χ0) is 17.5. The summed E-state index contributed by atoms with van der Waals surface area (Å²) in [7, 11) is 0. The average Bonchev–Trinajstić information content (AvgIpc) is 2.65. The summed E-state index contributed by atoms with van der Waals surface area (Å²) in [6, 6.07) is 6.82. The van der Waals surface area contributed by atoms with Gasteiger partial charge in [0.05, 0.1) is 5.69 Å². The van der Waals surface area contributed by atoms with E-state index in [0.717, 1.165) is 35.1 Å². The second-order valence-corrected chi connectivity index (χ2v) is 9.21. The molecule has 3 heterocycles. The first-order chi connectivity index (χ1) is 12.8. The van der Waals surface area contributed by atoms with Crippen LogP contribution in [0.15, 0.2) is 40.5 Å². The molecular formula is C21H26N4S. The van der Waals surface area contributed by atoms with Crippen molar-refractivity contribution in [2.45, 2.75) is 49.1 Å². The summed E-state index contributed by atoms with van der Waals surface area (Å²) in [5, 5.41) is 4.42. The lowest BCUT2D eigenvalue weighted by atomic mass is 9.71. The van der Waals surface area contributed by atoms with E-state index in [1.54, 1.807) is 24.2 Å². The van der Waals surface area contributed by atoms with E-state index < -0.39 is 0 Å². The van der Waals surface area contributed by atoms with Crippen molar-refractivity contribution in [2.24, 2.45) is 17.8 Å². The molecule has 0 amide bonds. The van der Waals surface area contributed by atoms with Crippen LogP contribution in [0.5, 0.6) is 0 Å². The Labute approximate surface area is 159 Å². The van der Waals surface area contributed by atoms with Gasteiger partial charge in [0.1, 0.15) is 5.03 Å². The number of aromatic nitrogens is 2. The van der Waals surface area contributed by atoms with Gasteiger partial charge in [-0.15, -0.1) is 0 Å². The van der Waals surface area contributed by atoms with Crippen LogP contribution in [0.1, 0.15) is 38.2 Å². The van der Waals surface area contributed by atoms with Gasteiger partial charge in [-0.1, -0.05) is 31.2 Å². The van der Waals surface area contributed by atoms with Gasteiger partial charge in [-0.25, -0.2) is 9.97 Å². The zero-order valence-electron chi connectivity index (χ0n) is 15.3. The first-order valence-electron chi connectivity index (χ1n) is 9.88. The Morgan fingerprint density at radius 2 is 1.92 bits per heavy atom. The van der Waals surface area contributed by atoms with Gasteiger partial charge in [0.25, 0.3) is 0 Å². The van der Waals surface area contributed by atoms with Crippen LogP contribution in [-0.2, 0) is 6.54 Å². The van der Waals surface area contributed by atoms with E-state index in [4.69, 9.17) is 0 Å². The molecule has 1 aromatic heterocycles. The highest BCUT2D eigenvalue weighted by Gasteiger charge is 2.34.